The summed E-state index contributed by atoms with van der Waals surface area (Å²) >= 11 is 0. The van der Waals surface area contributed by atoms with Crippen molar-refractivity contribution in [2.75, 3.05) is 11.5 Å². The number of hydrogen-bond donors (Lipinski definition) is 0. The number of alkyl halides is 3. The van der Waals surface area contributed by atoms with Gasteiger partial charge in [0.2, 0.25) is 10.3 Å². The summed E-state index contributed by atoms with van der Waals surface area (Å²) in [7, 11) is -11.5. The molecule has 0 unspecified atom stereocenters. The monoisotopic (exact) mass is 433 g/mol. The normalized spacial score (nSPS) is 17.3. The van der Waals surface area contributed by atoms with E-state index in [1.54, 1.807) is 26.0 Å². The van der Waals surface area contributed by atoms with Crippen LogP contribution in [0.5, 0.6) is 5.75 Å². The molecule has 0 aliphatic carbocycles. The molecule has 1 aliphatic rings. The van der Waals surface area contributed by atoms with Crippen LogP contribution in [0.1, 0.15) is 30.4 Å². The summed E-state index contributed by atoms with van der Waals surface area (Å²) in [6.07, 6.45) is 3.40. The molecule has 2 rings (SSSR count). The largest absolute Gasteiger partial charge is 0.480 e. The fourth-order valence-electron chi connectivity index (χ4n) is 2.56. The highest BCUT2D eigenvalue weighted by atomic mass is 32.3. The van der Waals surface area contributed by atoms with Gasteiger partial charge in [-0.1, -0.05) is 0 Å². The van der Waals surface area contributed by atoms with Crippen LogP contribution in [-0.2, 0) is 31.2 Å². The Labute approximate surface area is 153 Å². The number of rotatable bonds is 5. The van der Waals surface area contributed by atoms with Gasteiger partial charge in [-0.3, -0.25) is 0 Å². The minimum absolute atomic E-state index is 0.0393. The van der Waals surface area contributed by atoms with Crippen molar-refractivity contribution < 1.29 is 34.2 Å². The van der Waals surface area contributed by atoms with Crippen LogP contribution in [-0.4, -0.2) is 33.8 Å². The van der Waals surface area contributed by atoms with Crippen LogP contribution < -0.4 is 4.18 Å². The van der Waals surface area contributed by atoms with Crippen LogP contribution in [0.25, 0.3) is 4.13 Å². The molecule has 1 aromatic carbocycles. The molecule has 1 fully saturated rings. The van der Waals surface area contributed by atoms with Crippen molar-refractivity contribution in [3.8, 4) is 5.75 Å². The average molecular weight is 433 g/mol. The molecule has 0 radical (unpaired) electrons. The molecule has 1 aromatic rings. The summed E-state index contributed by atoms with van der Waals surface area (Å²) in [5.41, 5.74) is -5.04. The highest BCUT2D eigenvalue weighted by Crippen LogP contribution is 2.34. The van der Waals surface area contributed by atoms with Crippen LogP contribution in [0.3, 0.4) is 0 Å². The maximum atomic E-state index is 12.3. The average Bonchev–Trinajstić information content (AvgIpc) is 2.49. The Morgan fingerprint density at radius 2 is 1.50 bits per heavy atom. The molecular formula is C14H18F3NO5S3. The first-order valence-corrected chi connectivity index (χ1v) is 12.0. The quantitative estimate of drug-likeness (QED) is 0.665. The molecule has 6 nitrogen and oxygen atoms in total. The maximum Gasteiger partial charge on any atom is 0.480 e. The van der Waals surface area contributed by atoms with Gasteiger partial charge >= 0.3 is 5.51 Å². The Bertz CT molecular complexity index is 853. The molecule has 0 bridgehead atoms. The Hall–Kier alpha value is -0.980. The highest BCUT2D eigenvalue weighted by Gasteiger charge is 2.41. The standard InChI is InChI=1S/C14H18F3NO5S3/c1-10-8-12(24-6-4-3-5-7-24)9-11(2)13(10)23-26(21,22)18-25(19,20)14(15,16)17/h8-9H,3-7H2,1-2H3. The van der Waals surface area contributed by atoms with Gasteiger partial charge in [-0.25, -0.2) is 16.8 Å². The first-order chi connectivity index (χ1) is 11.8. The van der Waals surface area contributed by atoms with Crippen molar-refractivity contribution in [2.24, 2.45) is 0 Å². The van der Waals surface area contributed by atoms with Crippen molar-refractivity contribution in [1.29, 1.82) is 0 Å². The van der Waals surface area contributed by atoms with Gasteiger partial charge in [0.15, 0.2) is 14.9 Å². The van der Waals surface area contributed by atoms with Gasteiger partial charge in [-0.2, -0.15) is 13.2 Å². The van der Waals surface area contributed by atoms with Gasteiger partial charge in [0.25, 0.3) is 0 Å². The van der Waals surface area contributed by atoms with E-state index in [1.165, 1.54) is 6.42 Å². The van der Waals surface area contributed by atoms with Crippen LogP contribution in [0, 0.1) is 13.8 Å². The van der Waals surface area contributed by atoms with E-state index >= 15 is 0 Å². The number of sulfonamides is 1. The van der Waals surface area contributed by atoms with E-state index in [2.05, 4.69) is 4.18 Å². The van der Waals surface area contributed by atoms with Gasteiger partial charge in [-0.15, -0.1) is 0 Å². The number of aryl methyl sites for hydroxylation is 2. The number of halogens is 3. The molecule has 148 valence electrons. The molecule has 1 saturated heterocycles. The second kappa shape index (κ2) is 7.56. The lowest BCUT2D eigenvalue weighted by atomic mass is 10.1. The maximum absolute atomic E-state index is 12.3. The van der Waals surface area contributed by atoms with E-state index < -0.39 is 25.8 Å². The van der Waals surface area contributed by atoms with E-state index in [9.17, 15) is 30.0 Å². The van der Waals surface area contributed by atoms with E-state index in [0.29, 0.717) is 11.1 Å². The SMILES string of the molecule is Cc1cc([S+]2CCCCC2)cc(C)c1OS(=O)(=O)[N-]S(=O)(=O)C(F)(F)F. The van der Waals surface area contributed by atoms with Crippen molar-refractivity contribution >= 4 is 31.2 Å². The molecule has 12 heteroatoms. The van der Waals surface area contributed by atoms with E-state index in [0.717, 1.165) is 29.2 Å². The lowest BCUT2D eigenvalue weighted by Crippen LogP contribution is -2.26. The molecule has 0 atom stereocenters. The summed E-state index contributed by atoms with van der Waals surface area (Å²) in [6, 6.07) is 3.45. The number of benzene rings is 1. The fourth-order valence-corrected chi connectivity index (χ4v) is 6.92. The zero-order valence-electron chi connectivity index (χ0n) is 14.0. The van der Waals surface area contributed by atoms with E-state index in [1.807, 2.05) is 4.13 Å². The van der Waals surface area contributed by atoms with E-state index in [4.69, 9.17) is 0 Å². The van der Waals surface area contributed by atoms with Crippen molar-refractivity contribution in [2.45, 2.75) is 43.5 Å². The summed E-state index contributed by atoms with van der Waals surface area (Å²) in [6.45, 7) is 3.10. The third-order valence-electron chi connectivity index (χ3n) is 3.72. The molecule has 1 heterocycles. The van der Waals surface area contributed by atoms with Crippen molar-refractivity contribution in [3.05, 3.63) is 27.4 Å². The minimum Gasteiger partial charge on any atom is -0.394 e. The summed E-state index contributed by atoms with van der Waals surface area (Å²) in [4.78, 5) is 1.03. The first-order valence-electron chi connectivity index (χ1n) is 7.61. The molecule has 26 heavy (non-hydrogen) atoms. The zero-order chi connectivity index (χ0) is 19.8. The van der Waals surface area contributed by atoms with Crippen LogP contribution in [0.2, 0.25) is 0 Å². The summed E-state index contributed by atoms with van der Waals surface area (Å²) in [5.74, 6) is 1.86. The van der Waals surface area contributed by atoms with Crippen molar-refractivity contribution in [3.63, 3.8) is 0 Å². The van der Waals surface area contributed by atoms with E-state index in [-0.39, 0.29) is 16.6 Å². The summed E-state index contributed by atoms with van der Waals surface area (Å²) in [5, 5.41) is 0. The predicted molar refractivity (Wildman–Crippen MR) is 93.0 cm³/mol. The minimum atomic E-state index is -6.21. The molecular weight excluding hydrogens is 415 g/mol. The van der Waals surface area contributed by atoms with Crippen molar-refractivity contribution in [1.82, 2.24) is 0 Å². The Morgan fingerprint density at radius 3 is 1.96 bits per heavy atom. The number of hydrogen-bond acceptors (Lipinski definition) is 5. The smallest absolute Gasteiger partial charge is 0.394 e. The molecule has 1 aliphatic heterocycles. The second-order valence-electron chi connectivity index (χ2n) is 5.85. The fraction of sp³-hybridized carbons (Fsp3) is 0.571. The molecule has 0 aromatic heterocycles. The zero-order valence-corrected chi connectivity index (χ0v) is 16.5. The molecule has 0 N–H and O–H groups in total. The number of nitrogens with zero attached hydrogens (tertiary/aromatic N) is 1. The van der Waals surface area contributed by atoms with Gasteiger partial charge in [0.05, 0.1) is 0 Å². The van der Waals surface area contributed by atoms with Gasteiger partial charge in [0, 0.05) is 10.9 Å². The third-order valence-corrected chi connectivity index (χ3v) is 8.66. The third kappa shape index (κ3) is 5.05. The lowest BCUT2D eigenvalue weighted by Gasteiger charge is -2.23. The summed E-state index contributed by atoms with van der Waals surface area (Å²) < 4.78 is 88.7. The molecule has 0 spiro atoms. The topological polar surface area (TPSA) is 91.6 Å². The molecule has 0 amide bonds. The highest BCUT2D eigenvalue weighted by molar-refractivity contribution is 8.10. The first kappa shape index (κ1) is 21.3. The van der Waals surface area contributed by atoms with Crippen LogP contribution >= 0.6 is 0 Å². The van der Waals surface area contributed by atoms with Gasteiger partial charge < -0.3 is 8.31 Å². The molecule has 0 saturated carbocycles. The Morgan fingerprint density at radius 1 is 1.00 bits per heavy atom. The predicted octanol–water partition coefficient (Wildman–Crippen LogP) is 3.31. The Balaban J connectivity index is 2.26. The van der Waals surface area contributed by atoms with Gasteiger partial charge in [0.1, 0.15) is 17.3 Å². The Kier molecular flexibility index (Phi) is 6.20. The lowest BCUT2D eigenvalue weighted by molar-refractivity contribution is -0.0425. The van der Waals surface area contributed by atoms with Gasteiger partial charge in [-0.05, 0) is 56.4 Å². The van der Waals surface area contributed by atoms with Crippen LogP contribution in [0.4, 0.5) is 13.2 Å². The van der Waals surface area contributed by atoms with Crippen LogP contribution in [0.15, 0.2) is 17.0 Å². The second-order valence-corrected chi connectivity index (χ2v) is 11.2.